The molecule has 0 bridgehead atoms. The second-order valence-electron chi connectivity index (χ2n) is 8.09. The lowest BCUT2D eigenvalue weighted by Gasteiger charge is -2.42. The summed E-state index contributed by atoms with van der Waals surface area (Å²) in [6.07, 6.45) is 9.82. The highest BCUT2D eigenvalue weighted by Gasteiger charge is 2.29. The first-order valence-corrected chi connectivity index (χ1v) is 9.99. The molecule has 1 aliphatic carbocycles. The standard InChI is InChI=1S/C20H34N4O/c1-15(2)20-21-13-18(14-22-20)24-11-9-23(10-12-24)17-5-7-19(8-6-17)25-16(3)4/h13-17,19H,5-12H2,1-4H3/t17-,19-. The number of ether oxygens (including phenoxy) is 1. The van der Waals surface area contributed by atoms with Gasteiger partial charge in [0, 0.05) is 38.1 Å². The largest absolute Gasteiger partial charge is 0.376 e. The van der Waals surface area contributed by atoms with E-state index in [1.165, 1.54) is 25.7 Å². The third-order valence-electron chi connectivity index (χ3n) is 5.48. The van der Waals surface area contributed by atoms with Crippen molar-refractivity contribution in [2.45, 2.75) is 77.5 Å². The summed E-state index contributed by atoms with van der Waals surface area (Å²) in [7, 11) is 0. The third-order valence-corrected chi connectivity index (χ3v) is 5.48. The van der Waals surface area contributed by atoms with Gasteiger partial charge >= 0.3 is 0 Å². The van der Waals surface area contributed by atoms with E-state index in [1.54, 1.807) is 0 Å². The van der Waals surface area contributed by atoms with Gasteiger partial charge in [0.1, 0.15) is 5.82 Å². The summed E-state index contributed by atoms with van der Waals surface area (Å²) in [5, 5.41) is 0. The maximum absolute atomic E-state index is 5.99. The molecule has 140 valence electrons. The van der Waals surface area contributed by atoms with Crippen molar-refractivity contribution in [3.8, 4) is 0 Å². The lowest BCUT2D eigenvalue weighted by molar-refractivity contribution is -0.0266. The monoisotopic (exact) mass is 346 g/mol. The Morgan fingerprint density at radius 2 is 1.52 bits per heavy atom. The quantitative estimate of drug-likeness (QED) is 0.817. The van der Waals surface area contributed by atoms with Gasteiger partial charge in [0.2, 0.25) is 0 Å². The van der Waals surface area contributed by atoms with Crippen molar-refractivity contribution in [2.24, 2.45) is 0 Å². The van der Waals surface area contributed by atoms with Gasteiger partial charge in [-0.2, -0.15) is 0 Å². The minimum Gasteiger partial charge on any atom is -0.376 e. The molecule has 1 aromatic heterocycles. The first-order chi connectivity index (χ1) is 12.0. The Morgan fingerprint density at radius 1 is 0.920 bits per heavy atom. The number of aromatic nitrogens is 2. The minimum atomic E-state index is 0.356. The van der Waals surface area contributed by atoms with Gasteiger partial charge in [-0.15, -0.1) is 0 Å². The zero-order valence-electron chi connectivity index (χ0n) is 16.3. The second kappa shape index (κ2) is 8.45. The molecule has 3 rings (SSSR count). The van der Waals surface area contributed by atoms with Crippen LogP contribution in [-0.2, 0) is 4.74 Å². The van der Waals surface area contributed by atoms with E-state index >= 15 is 0 Å². The van der Waals surface area contributed by atoms with Crippen LogP contribution < -0.4 is 4.90 Å². The Morgan fingerprint density at radius 3 is 2.04 bits per heavy atom. The molecule has 0 unspecified atom stereocenters. The zero-order chi connectivity index (χ0) is 17.8. The average molecular weight is 347 g/mol. The summed E-state index contributed by atoms with van der Waals surface area (Å²) >= 11 is 0. The van der Waals surface area contributed by atoms with Crippen LogP contribution in [0.3, 0.4) is 0 Å². The zero-order valence-corrected chi connectivity index (χ0v) is 16.3. The predicted octanol–water partition coefficient (Wildman–Crippen LogP) is 3.46. The summed E-state index contributed by atoms with van der Waals surface area (Å²) < 4.78 is 5.99. The van der Waals surface area contributed by atoms with Crippen molar-refractivity contribution < 1.29 is 4.74 Å². The van der Waals surface area contributed by atoms with E-state index < -0.39 is 0 Å². The normalized spacial score (nSPS) is 25.8. The second-order valence-corrected chi connectivity index (χ2v) is 8.09. The van der Waals surface area contributed by atoms with Crippen molar-refractivity contribution in [3.63, 3.8) is 0 Å². The number of piperazine rings is 1. The highest BCUT2D eigenvalue weighted by molar-refractivity contribution is 5.42. The molecule has 1 saturated heterocycles. The first-order valence-electron chi connectivity index (χ1n) is 9.99. The summed E-state index contributed by atoms with van der Waals surface area (Å²) in [6.45, 7) is 13.0. The number of nitrogens with zero attached hydrogens (tertiary/aromatic N) is 4. The Hall–Kier alpha value is -1.20. The summed E-state index contributed by atoms with van der Waals surface area (Å²) in [5.41, 5.74) is 1.16. The van der Waals surface area contributed by atoms with Crippen molar-refractivity contribution in [1.29, 1.82) is 0 Å². The summed E-state index contributed by atoms with van der Waals surface area (Å²) in [6, 6.07) is 0.744. The number of hydrogen-bond acceptors (Lipinski definition) is 5. The van der Waals surface area contributed by atoms with E-state index in [2.05, 4.69) is 47.5 Å². The van der Waals surface area contributed by atoms with Crippen LogP contribution in [0.5, 0.6) is 0 Å². The third kappa shape index (κ3) is 4.91. The summed E-state index contributed by atoms with van der Waals surface area (Å²) in [4.78, 5) is 14.1. The van der Waals surface area contributed by atoms with Gasteiger partial charge in [-0.3, -0.25) is 4.90 Å². The molecule has 0 amide bonds. The van der Waals surface area contributed by atoms with E-state index in [0.29, 0.717) is 18.1 Å². The first kappa shape index (κ1) is 18.6. The van der Waals surface area contributed by atoms with Gasteiger partial charge in [-0.05, 0) is 39.5 Å². The van der Waals surface area contributed by atoms with Crippen molar-refractivity contribution in [3.05, 3.63) is 18.2 Å². The molecule has 0 N–H and O–H groups in total. The fourth-order valence-corrected chi connectivity index (χ4v) is 4.07. The van der Waals surface area contributed by atoms with E-state index in [1.807, 2.05) is 12.4 Å². The number of hydrogen-bond donors (Lipinski definition) is 0. The molecule has 0 spiro atoms. The smallest absolute Gasteiger partial charge is 0.130 e. The fourth-order valence-electron chi connectivity index (χ4n) is 4.07. The number of rotatable bonds is 5. The van der Waals surface area contributed by atoms with Gasteiger partial charge in [0.15, 0.2) is 0 Å². The van der Waals surface area contributed by atoms with E-state index in [-0.39, 0.29) is 0 Å². The van der Waals surface area contributed by atoms with Gasteiger partial charge in [0.05, 0.1) is 30.3 Å². The lowest BCUT2D eigenvalue weighted by Crippen LogP contribution is -2.51. The molecule has 1 aromatic rings. The minimum absolute atomic E-state index is 0.356. The van der Waals surface area contributed by atoms with Gasteiger partial charge in [-0.25, -0.2) is 9.97 Å². The van der Waals surface area contributed by atoms with Crippen LogP contribution in [0.4, 0.5) is 5.69 Å². The molecule has 1 aliphatic heterocycles. The molecular weight excluding hydrogens is 312 g/mol. The van der Waals surface area contributed by atoms with Crippen molar-refractivity contribution in [2.75, 3.05) is 31.1 Å². The van der Waals surface area contributed by atoms with Gasteiger partial charge < -0.3 is 9.64 Å². The van der Waals surface area contributed by atoms with Crippen LogP contribution in [0.25, 0.3) is 0 Å². The van der Waals surface area contributed by atoms with Crippen LogP contribution >= 0.6 is 0 Å². The maximum atomic E-state index is 5.99. The van der Waals surface area contributed by atoms with E-state index in [4.69, 9.17) is 4.74 Å². The lowest BCUT2D eigenvalue weighted by atomic mass is 9.91. The Bertz CT molecular complexity index is 515. The molecule has 5 nitrogen and oxygen atoms in total. The average Bonchev–Trinajstić information content (AvgIpc) is 2.62. The van der Waals surface area contributed by atoms with Crippen molar-refractivity contribution in [1.82, 2.24) is 14.9 Å². The van der Waals surface area contributed by atoms with Crippen LogP contribution in [-0.4, -0.2) is 59.3 Å². The molecule has 0 aromatic carbocycles. The molecule has 1 saturated carbocycles. The molecule has 2 aliphatic rings. The molecular formula is C20H34N4O. The van der Waals surface area contributed by atoms with Gasteiger partial charge in [-0.1, -0.05) is 13.8 Å². The topological polar surface area (TPSA) is 41.5 Å². The number of anilines is 1. The molecule has 2 heterocycles. The van der Waals surface area contributed by atoms with Crippen LogP contribution in [0, 0.1) is 0 Å². The molecule has 0 radical (unpaired) electrons. The van der Waals surface area contributed by atoms with Crippen LogP contribution in [0.15, 0.2) is 12.4 Å². The molecule has 0 atom stereocenters. The molecule has 25 heavy (non-hydrogen) atoms. The van der Waals surface area contributed by atoms with Gasteiger partial charge in [0.25, 0.3) is 0 Å². The highest BCUT2D eigenvalue weighted by Crippen LogP contribution is 2.27. The fraction of sp³-hybridized carbons (Fsp3) is 0.800. The summed E-state index contributed by atoms with van der Waals surface area (Å²) in [5.74, 6) is 1.32. The van der Waals surface area contributed by atoms with Crippen LogP contribution in [0.2, 0.25) is 0 Å². The Kier molecular flexibility index (Phi) is 6.29. The molecule has 5 heteroatoms. The van der Waals surface area contributed by atoms with Crippen molar-refractivity contribution >= 4 is 5.69 Å². The van der Waals surface area contributed by atoms with E-state index in [0.717, 1.165) is 43.7 Å². The molecule has 2 fully saturated rings. The predicted molar refractivity (Wildman–Crippen MR) is 102 cm³/mol. The Balaban J connectivity index is 1.46. The Labute approximate surface area is 152 Å². The van der Waals surface area contributed by atoms with E-state index in [9.17, 15) is 0 Å². The highest BCUT2D eigenvalue weighted by atomic mass is 16.5. The SMILES string of the molecule is CC(C)O[C@H]1CC[C@H](N2CCN(c3cnc(C(C)C)nc3)CC2)CC1. The maximum Gasteiger partial charge on any atom is 0.130 e. The van der Waals surface area contributed by atoms with Crippen LogP contribution in [0.1, 0.15) is 65.1 Å².